The maximum absolute atomic E-state index is 13.3. The van der Waals surface area contributed by atoms with E-state index in [0.717, 1.165) is 51.4 Å². The lowest BCUT2D eigenvalue weighted by molar-refractivity contribution is -0.140. The minimum absolute atomic E-state index is 0.0859. The first-order valence-electron chi connectivity index (χ1n) is 10.8. The highest BCUT2D eigenvalue weighted by atomic mass is 32.2. The average molecular weight is 419 g/mol. The van der Waals surface area contributed by atoms with Gasteiger partial charge in [0.1, 0.15) is 0 Å². The second-order valence-corrected chi connectivity index (χ2v) is 10.6. The molecule has 3 fully saturated rings. The molecule has 6 nitrogen and oxygen atoms in total. The summed E-state index contributed by atoms with van der Waals surface area (Å²) < 4.78 is 28.1. The normalized spacial score (nSPS) is 26.4. The molecule has 2 atom stereocenters. The number of carbonyl (C=O) groups is 2. The van der Waals surface area contributed by atoms with Crippen molar-refractivity contribution in [2.24, 2.45) is 11.8 Å². The first-order chi connectivity index (χ1) is 13.9. The molecule has 0 spiro atoms. The lowest BCUT2D eigenvalue weighted by Gasteiger charge is -2.22. The van der Waals surface area contributed by atoms with Gasteiger partial charge in [0.05, 0.1) is 23.3 Å². The Morgan fingerprint density at radius 1 is 0.897 bits per heavy atom. The molecule has 2 heterocycles. The third-order valence-electron chi connectivity index (χ3n) is 6.71. The summed E-state index contributed by atoms with van der Waals surface area (Å²) in [5.74, 6) is -0.529. The van der Waals surface area contributed by atoms with E-state index in [0.29, 0.717) is 29.1 Å². The summed E-state index contributed by atoms with van der Waals surface area (Å²) in [4.78, 5) is 27.2. The number of sulfonamides is 1. The lowest BCUT2D eigenvalue weighted by atomic mass is 9.81. The SMILES string of the molecule is Cc1ccc(CN2C(=O)[C@H]3CCCC[C@H]3C2=O)cc1S(=O)(=O)N1CCCCCC1. The number of fused-ring (bicyclic) bond motifs is 1. The topological polar surface area (TPSA) is 74.8 Å². The van der Waals surface area contributed by atoms with Gasteiger partial charge in [-0.05, 0) is 49.8 Å². The van der Waals surface area contributed by atoms with Crippen LogP contribution >= 0.6 is 0 Å². The Labute approximate surface area is 173 Å². The van der Waals surface area contributed by atoms with Gasteiger partial charge in [-0.2, -0.15) is 4.31 Å². The van der Waals surface area contributed by atoms with E-state index in [1.165, 1.54) is 4.90 Å². The van der Waals surface area contributed by atoms with Crippen LogP contribution in [-0.2, 0) is 26.2 Å². The molecule has 29 heavy (non-hydrogen) atoms. The van der Waals surface area contributed by atoms with Crippen LogP contribution in [0, 0.1) is 18.8 Å². The zero-order chi connectivity index (χ0) is 20.6. The van der Waals surface area contributed by atoms with Crippen LogP contribution in [0.25, 0.3) is 0 Å². The molecule has 0 unspecified atom stereocenters. The molecular formula is C22H30N2O4S. The third-order valence-corrected chi connectivity index (χ3v) is 8.75. The first-order valence-corrected chi connectivity index (χ1v) is 12.3. The predicted octanol–water partition coefficient (Wildman–Crippen LogP) is 3.23. The van der Waals surface area contributed by atoms with Gasteiger partial charge in [0, 0.05) is 13.1 Å². The minimum Gasteiger partial charge on any atom is -0.278 e. The van der Waals surface area contributed by atoms with Crippen LogP contribution in [0.4, 0.5) is 0 Å². The van der Waals surface area contributed by atoms with Crippen molar-refractivity contribution in [3.63, 3.8) is 0 Å². The summed E-state index contributed by atoms with van der Waals surface area (Å²) in [7, 11) is -3.58. The number of hydrogen-bond donors (Lipinski definition) is 0. The van der Waals surface area contributed by atoms with Gasteiger partial charge in [-0.3, -0.25) is 14.5 Å². The van der Waals surface area contributed by atoms with Crippen molar-refractivity contribution in [1.82, 2.24) is 9.21 Å². The van der Waals surface area contributed by atoms with Crippen molar-refractivity contribution in [1.29, 1.82) is 0 Å². The van der Waals surface area contributed by atoms with Crippen LogP contribution < -0.4 is 0 Å². The Balaban J connectivity index is 1.59. The highest BCUT2D eigenvalue weighted by molar-refractivity contribution is 7.89. The summed E-state index contributed by atoms with van der Waals surface area (Å²) in [6.45, 7) is 3.07. The summed E-state index contributed by atoms with van der Waals surface area (Å²) in [6.07, 6.45) is 7.46. The van der Waals surface area contributed by atoms with E-state index in [2.05, 4.69) is 0 Å². The molecular weight excluding hydrogens is 388 g/mol. The molecule has 0 bridgehead atoms. The van der Waals surface area contributed by atoms with E-state index >= 15 is 0 Å². The van der Waals surface area contributed by atoms with Crippen molar-refractivity contribution in [2.45, 2.75) is 69.7 Å². The van der Waals surface area contributed by atoms with Gasteiger partial charge in [0.15, 0.2) is 0 Å². The third kappa shape index (κ3) is 3.87. The van der Waals surface area contributed by atoms with Crippen molar-refractivity contribution in [3.8, 4) is 0 Å². The molecule has 4 rings (SSSR count). The summed E-state index contributed by atoms with van der Waals surface area (Å²) >= 11 is 0. The fourth-order valence-corrected chi connectivity index (χ4v) is 6.80. The maximum atomic E-state index is 13.3. The van der Waals surface area contributed by atoms with E-state index in [4.69, 9.17) is 0 Å². The number of benzene rings is 1. The second-order valence-electron chi connectivity index (χ2n) is 8.68. The highest BCUT2D eigenvalue weighted by Crippen LogP contribution is 2.38. The lowest BCUT2D eigenvalue weighted by Crippen LogP contribution is -2.33. The Kier molecular flexibility index (Phi) is 5.80. The molecule has 7 heteroatoms. The molecule has 2 amide bonds. The number of hydrogen-bond acceptors (Lipinski definition) is 4. The molecule has 3 aliphatic rings. The van der Waals surface area contributed by atoms with Crippen molar-refractivity contribution < 1.29 is 18.0 Å². The van der Waals surface area contributed by atoms with Crippen LogP contribution in [-0.4, -0.2) is 42.5 Å². The van der Waals surface area contributed by atoms with Gasteiger partial charge in [-0.25, -0.2) is 8.42 Å². The molecule has 1 aromatic rings. The Morgan fingerprint density at radius 3 is 2.07 bits per heavy atom. The first kappa shape index (κ1) is 20.5. The van der Waals surface area contributed by atoms with Crippen molar-refractivity contribution in [2.75, 3.05) is 13.1 Å². The fourth-order valence-electron chi connectivity index (χ4n) is 5.01. The number of imide groups is 1. The zero-order valence-corrected chi connectivity index (χ0v) is 17.9. The number of carbonyl (C=O) groups excluding carboxylic acids is 2. The van der Waals surface area contributed by atoms with E-state index in [9.17, 15) is 18.0 Å². The standard InChI is InChI=1S/C22H30N2O4S/c1-16-10-11-17(14-20(16)29(27,28)23-12-6-2-3-7-13-23)15-24-21(25)18-8-4-5-9-19(18)22(24)26/h10-11,14,18-19H,2-9,12-13,15H2,1H3/t18-,19+. The molecule has 2 saturated heterocycles. The number of aryl methyl sites for hydroxylation is 1. The summed E-state index contributed by atoms with van der Waals surface area (Å²) in [5, 5.41) is 0. The van der Waals surface area contributed by atoms with Crippen molar-refractivity contribution in [3.05, 3.63) is 29.3 Å². The highest BCUT2D eigenvalue weighted by Gasteiger charge is 2.47. The van der Waals surface area contributed by atoms with Crippen LogP contribution in [0.3, 0.4) is 0 Å². The van der Waals surface area contributed by atoms with E-state index < -0.39 is 10.0 Å². The number of likely N-dealkylation sites (tertiary alicyclic amines) is 1. The van der Waals surface area contributed by atoms with Gasteiger partial charge < -0.3 is 0 Å². The van der Waals surface area contributed by atoms with Crippen LogP contribution in [0.15, 0.2) is 23.1 Å². The molecule has 158 valence electrons. The van der Waals surface area contributed by atoms with Crippen molar-refractivity contribution >= 4 is 21.8 Å². The smallest absolute Gasteiger partial charge is 0.243 e. The zero-order valence-electron chi connectivity index (χ0n) is 17.1. The molecule has 0 N–H and O–H groups in total. The minimum atomic E-state index is -3.58. The number of nitrogens with zero attached hydrogens (tertiary/aromatic N) is 2. The Morgan fingerprint density at radius 2 is 1.48 bits per heavy atom. The van der Waals surface area contributed by atoms with Crippen LogP contribution in [0.5, 0.6) is 0 Å². The van der Waals surface area contributed by atoms with Gasteiger partial charge in [0.25, 0.3) is 0 Å². The van der Waals surface area contributed by atoms with Gasteiger partial charge in [0.2, 0.25) is 21.8 Å². The fraction of sp³-hybridized carbons (Fsp3) is 0.636. The van der Waals surface area contributed by atoms with E-state index in [1.54, 1.807) is 23.4 Å². The monoisotopic (exact) mass is 418 g/mol. The quantitative estimate of drug-likeness (QED) is 0.704. The van der Waals surface area contributed by atoms with Crippen LogP contribution in [0.2, 0.25) is 0 Å². The van der Waals surface area contributed by atoms with Gasteiger partial charge in [-0.15, -0.1) is 0 Å². The molecule has 0 aromatic heterocycles. The second kappa shape index (κ2) is 8.19. The summed E-state index contributed by atoms with van der Waals surface area (Å²) in [5.41, 5.74) is 1.40. The predicted molar refractivity (Wildman–Crippen MR) is 109 cm³/mol. The average Bonchev–Trinajstić information content (AvgIpc) is 2.92. The summed E-state index contributed by atoms with van der Waals surface area (Å²) in [6, 6.07) is 5.29. The van der Waals surface area contributed by atoms with Gasteiger partial charge in [-0.1, -0.05) is 37.8 Å². The molecule has 0 radical (unpaired) electrons. The Bertz CT molecular complexity index is 879. The Hall–Kier alpha value is -1.73. The number of rotatable bonds is 4. The number of amides is 2. The molecule has 1 saturated carbocycles. The molecule has 1 aliphatic carbocycles. The van der Waals surface area contributed by atoms with E-state index in [-0.39, 0.29) is 30.2 Å². The molecule has 1 aromatic carbocycles. The largest absolute Gasteiger partial charge is 0.278 e. The maximum Gasteiger partial charge on any atom is 0.243 e. The van der Waals surface area contributed by atoms with E-state index in [1.807, 2.05) is 6.07 Å². The molecule has 2 aliphatic heterocycles. The van der Waals surface area contributed by atoms with Gasteiger partial charge >= 0.3 is 0 Å². The van der Waals surface area contributed by atoms with Crippen LogP contribution in [0.1, 0.15) is 62.5 Å².